The Morgan fingerprint density at radius 1 is 0.680 bits per heavy atom. The molecule has 0 saturated carbocycles. The van der Waals surface area contributed by atoms with E-state index in [0.29, 0.717) is 6.61 Å². The maximum absolute atomic E-state index is 9.37. The summed E-state index contributed by atoms with van der Waals surface area (Å²) in [4.78, 5) is 0. The Bertz CT molecular complexity index is 267. The number of hydrogen-bond acceptors (Lipinski definition) is 3. The van der Waals surface area contributed by atoms with Gasteiger partial charge in [0.1, 0.15) is 11.8 Å². The Hall–Kier alpha value is -0.120. The molecule has 3 heteroatoms. The van der Waals surface area contributed by atoms with Gasteiger partial charge in [0.2, 0.25) is 0 Å². The van der Waals surface area contributed by atoms with Crippen molar-refractivity contribution in [3.63, 3.8) is 0 Å². The standard InChI is InChI=1S/C22H47NO2/c1-4-5-6-7-8-9-10-11-12-13-14-15-16-17-18-19-20-25-22(2,3)21(23)24/h21,24H,4-20,23H2,1-3H3. The maximum atomic E-state index is 9.37. The molecule has 0 rings (SSSR count). The molecule has 1 unspecified atom stereocenters. The van der Waals surface area contributed by atoms with Gasteiger partial charge in [0.25, 0.3) is 0 Å². The molecule has 0 fully saturated rings. The number of unbranched alkanes of at least 4 members (excludes halogenated alkanes) is 15. The van der Waals surface area contributed by atoms with Crippen molar-refractivity contribution < 1.29 is 9.84 Å². The van der Waals surface area contributed by atoms with Gasteiger partial charge in [-0.1, -0.05) is 103 Å². The van der Waals surface area contributed by atoms with Gasteiger partial charge in [-0.25, -0.2) is 0 Å². The zero-order valence-electron chi connectivity index (χ0n) is 17.5. The third-order valence-electron chi connectivity index (χ3n) is 5.18. The summed E-state index contributed by atoms with van der Waals surface area (Å²) in [6, 6.07) is 0. The number of aliphatic hydroxyl groups is 1. The first-order valence-electron chi connectivity index (χ1n) is 11.1. The molecule has 3 N–H and O–H groups in total. The van der Waals surface area contributed by atoms with Crippen LogP contribution in [0.1, 0.15) is 124 Å². The maximum Gasteiger partial charge on any atom is 0.131 e. The Balaban J connectivity index is 3.12. The molecule has 0 aliphatic heterocycles. The molecule has 0 aromatic heterocycles. The summed E-state index contributed by atoms with van der Waals surface area (Å²) in [6.45, 7) is 6.65. The summed E-state index contributed by atoms with van der Waals surface area (Å²) in [5.41, 5.74) is 4.84. The first-order chi connectivity index (χ1) is 12.0. The molecule has 0 saturated heterocycles. The second-order valence-electron chi connectivity index (χ2n) is 8.20. The van der Waals surface area contributed by atoms with E-state index in [0.717, 1.165) is 6.42 Å². The molecule has 0 aromatic rings. The predicted octanol–water partition coefficient (Wildman–Crippen LogP) is 6.32. The van der Waals surface area contributed by atoms with Crippen LogP contribution in [0.3, 0.4) is 0 Å². The minimum Gasteiger partial charge on any atom is -0.376 e. The van der Waals surface area contributed by atoms with Crippen LogP contribution in [-0.4, -0.2) is 23.5 Å². The minimum atomic E-state index is -0.909. The molecular weight excluding hydrogens is 310 g/mol. The highest BCUT2D eigenvalue weighted by Gasteiger charge is 2.24. The molecular formula is C22H47NO2. The van der Waals surface area contributed by atoms with Crippen molar-refractivity contribution in [1.82, 2.24) is 0 Å². The van der Waals surface area contributed by atoms with Crippen LogP contribution in [0.25, 0.3) is 0 Å². The largest absolute Gasteiger partial charge is 0.376 e. The van der Waals surface area contributed by atoms with E-state index in [1.807, 2.05) is 13.8 Å². The minimum absolute atomic E-state index is 0.629. The summed E-state index contributed by atoms with van der Waals surface area (Å²) < 4.78 is 5.64. The molecule has 0 radical (unpaired) electrons. The first kappa shape index (κ1) is 24.9. The number of aliphatic hydroxyl groups excluding tert-OH is 1. The topological polar surface area (TPSA) is 55.5 Å². The van der Waals surface area contributed by atoms with E-state index in [-0.39, 0.29) is 0 Å². The van der Waals surface area contributed by atoms with Crippen LogP contribution in [0, 0.1) is 0 Å². The van der Waals surface area contributed by atoms with Gasteiger partial charge in [0, 0.05) is 6.61 Å². The number of nitrogens with two attached hydrogens (primary N) is 1. The lowest BCUT2D eigenvalue weighted by atomic mass is 10.0. The summed E-state index contributed by atoms with van der Waals surface area (Å²) in [5.74, 6) is 0. The molecule has 0 spiro atoms. The average Bonchev–Trinajstić information content (AvgIpc) is 2.57. The van der Waals surface area contributed by atoms with Crippen molar-refractivity contribution in [2.45, 2.75) is 135 Å². The highest BCUT2D eigenvalue weighted by atomic mass is 16.5. The van der Waals surface area contributed by atoms with Crippen molar-refractivity contribution in [3.05, 3.63) is 0 Å². The van der Waals surface area contributed by atoms with Crippen LogP contribution in [0.4, 0.5) is 0 Å². The van der Waals surface area contributed by atoms with Crippen LogP contribution in [0.5, 0.6) is 0 Å². The van der Waals surface area contributed by atoms with Crippen molar-refractivity contribution in [2.24, 2.45) is 5.73 Å². The van der Waals surface area contributed by atoms with E-state index in [1.54, 1.807) is 0 Å². The van der Waals surface area contributed by atoms with E-state index in [4.69, 9.17) is 10.5 Å². The molecule has 25 heavy (non-hydrogen) atoms. The van der Waals surface area contributed by atoms with Crippen LogP contribution < -0.4 is 5.73 Å². The first-order valence-corrected chi connectivity index (χ1v) is 11.1. The van der Waals surface area contributed by atoms with Gasteiger partial charge in [0.05, 0.1) is 0 Å². The summed E-state index contributed by atoms with van der Waals surface area (Å²) in [7, 11) is 0. The van der Waals surface area contributed by atoms with Gasteiger partial charge >= 0.3 is 0 Å². The van der Waals surface area contributed by atoms with Gasteiger partial charge in [-0.05, 0) is 20.3 Å². The molecule has 0 aromatic carbocycles. The lowest BCUT2D eigenvalue weighted by molar-refractivity contribution is -0.0986. The van der Waals surface area contributed by atoms with Crippen LogP contribution >= 0.6 is 0 Å². The Morgan fingerprint density at radius 3 is 1.32 bits per heavy atom. The highest BCUT2D eigenvalue weighted by molar-refractivity contribution is 4.73. The van der Waals surface area contributed by atoms with Crippen LogP contribution in [-0.2, 0) is 4.74 Å². The lowest BCUT2D eigenvalue weighted by Gasteiger charge is -2.27. The Morgan fingerprint density at radius 2 is 1.00 bits per heavy atom. The molecule has 0 heterocycles. The second kappa shape index (κ2) is 17.3. The predicted molar refractivity (Wildman–Crippen MR) is 110 cm³/mol. The quantitative estimate of drug-likeness (QED) is 0.210. The zero-order valence-corrected chi connectivity index (χ0v) is 17.5. The van der Waals surface area contributed by atoms with Gasteiger partial charge in [-0.2, -0.15) is 0 Å². The third-order valence-corrected chi connectivity index (χ3v) is 5.18. The summed E-state index contributed by atoms with van der Waals surface area (Å²) in [6.07, 6.45) is 21.1. The fourth-order valence-corrected chi connectivity index (χ4v) is 3.07. The average molecular weight is 358 g/mol. The molecule has 1 atom stereocenters. The van der Waals surface area contributed by atoms with E-state index in [1.165, 1.54) is 96.3 Å². The second-order valence-corrected chi connectivity index (χ2v) is 8.20. The van der Waals surface area contributed by atoms with Gasteiger partial charge in [0.15, 0.2) is 0 Å². The van der Waals surface area contributed by atoms with Gasteiger partial charge in [-0.3, -0.25) is 0 Å². The highest BCUT2D eigenvalue weighted by Crippen LogP contribution is 2.15. The molecule has 0 bridgehead atoms. The van der Waals surface area contributed by atoms with E-state index in [9.17, 15) is 5.11 Å². The Kier molecular flexibility index (Phi) is 17.2. The van der Waals surface area contributed by atoms with Crippen molar-refractivity contribution >= 4 is 0 Å². The lowest BCUT2D eigenvalue weighted by Crippen LogP contribution is -2.45. The molecule has 152 valence electrons. The number of hydrogen-bond donors (Lipinski definition) is 2. The smallest absolute Gasteiger partial charge is 0.131 e. The van der Waals surface area contributed by atoms with Crippen LogP contribution in [0.15, 0.2) is 0 Å². The number of ether oxygens (including phenoxy) is 1. The summed E-state index contributed by atoms with van der Waals surface area (Å²) in [5, 5.41) is 9.37. The van der Waals surface area contributed by atoms with E-state index in [2.05, 4.69) is 6.92 Å². The SMILES string of the molecule is CCCCCCCCCCCCCCCCCCOC(C)(C)C(N)O. The van der Waals surface area contributed by atoms with Gasteiger partial charge < -0.3 is 15.6 Å². The zero-order chi connectivity index (χ0) is 18.8. The fraction of sp³-hybridized carbons (Fsp3) is 1.00. The molecule has 3 nitrogen and oxygen atoms in total. The van der Waals surface area contributed by atoms with E-state index >= 15 is 0 Å². The molecule has 0 aliphatic rings. The van der Waals surface area contributed by atoms with Gasteiger partial charge in [-0.15, -0.1) is 0 Å². The van der Waals surface area contributed by atoms with Crippen molar-refractivity contribution in [2.75, 3.05) is 6.61 Å². The van der Waals surface area contributed by atoms with Crippen molar-refractivity contribution in [3.8, 4) is 0 Å². The summed E-state index contributed by atoms with van der Waals surface area (Å²) >= 11 is 0. The fourth-order valence-electron chi connectivity index (χ4n) is 3.07. The normalized spacial score (nSPS) is 13.3. The monoisotopic (exact) mass is 357 g/mol. The molecule has 0 amide bonds. The molecule has 0 aliphatic carbocycles. The number of rotatable bonds is 19. The van der Waals surface area contributed by atoms with Crippen LogP contribution in [0.2, 0.25) is 0 Å². The Labute approximate surface area is 158 Å². The van der Waals surface area contributed by atoms with Crippen molar-refractivity contribution in [1.29, 1.82) is 0 Å². The third kappa shape index (κ3) is 17.1. The van der Waals surface area contributed by atoms with E-state index < -0.39 is 11.8 Å².